The number of hydrogen-bond donors (Lipinski definition) is 0. The number of fused-ring (bicyclic) bond motifs is 1. The zero-order valence-electron chi connectivity index (χ0n) is 19.1. The van der Waals surface area contributed by atoms with E-state index in [-0.39, 0.29) is 6.61 Å². The number of aromatic nitrogens is 3. The molecule has 0 fully saturated rings. The Morgan fingerprint density at radius 2 is 1.91 bits per heavy atom. The number of pyridine rings is 1. The summed E-state index contributed by atoms with van der Waals surface area (Å²) in [6.07, 6.45) is 2.55. The van der Waals surface area contributed by atoms with Crippen LogP contribution < -0.4 is 9.47 Å². The first-order valence-corrected chi connectivity index (χ1v) is 11.2. The van der Waals surface area contributed by atoms with Gasteiger partial charge in [-0.2, -0.15) is 15.0 Å². The molecule has 0 radical (unpaired) electrons. The summed E-state index contributed by atoms with van der Waals surface area (Å²) in [4.78, 5) is 16.7. The molecule has 0 aliphatic rings. The van der Waals surface area contributed by atoms with Gasteiger partial charge in [-0.1, -0.05) is 23.2 Å². The van der Waals surface area contributed by atoms with Gasteiger partial charge in [0.2, 0.25) is 0 Å². The SMILES string of the molecule is CC(C)(C)OC(=O)n1nc(COc2ccc(Cl)c(Oc3cc(Cl)cc(C#N)c3)c2)c2ccncc21. The van der Waals surface area contributed by atoms with Gasteiger partial charge in [-0.25, -0.2) is 4.79 Å². The lowest BCUT2D eigenvalue weighted by Gasteiger charge is -2.19. The lowest BCUT2D eigenvalue weighted by Crippen LogP contribution is -2.27. The molecule has 0 N–H and O–H groups in total. The number of ether oxygens (including phenoxy) is 3. The van der Waals surface area contributed by atoms with Crippen molar-refractivity contribution in [1.82, 2.24) is 14.8 Å². The highest BCUT2D eigenvalue weighted by Crippen LogP contribution is 2.34. The Hall–Kier alpha value is -3.80. The molecular formula is C25H20Cl2N4O4. The summed E-state index contributed by atoms with van der Waals surface area (Å²) in [6, 6.07) is 13.4. The van der Waals surface area contributed by atoms with Crippen LogP contribution in [-0.2, 0) is 11.3 Å². The van der Waals surface area contributed by atoms with E-state index in [9.17, 15) is 4.79 Å². The van der Waals surface area contributed by atoms with Crippen LogP contribution in [0.1, 0.15) is 32.0 Å². The van der Waals surface area contributed by atoms with Crippen LogP contribution in [0.25, 0.3) is 10.9 Å². The van der Waals surface area contributed by atoms with E-state index in [1.807, 2.05) is 6.07 Å². The third kappa shape index (κ3) is 5.83. The number of benzene rings is 2. The summed E-state index contributed by atoms with van der Waals surface area (Å²) in [6.45, 7) is 5.41. The molecular weight excluding hydrogens is 491 g/mol. The van der Waals surface area contributed by atoms with Crippen LogP contribution in [-0.4, -0.2) is 26.5 Å². The Morgan fingerprint density at radius 3 is 2.66 bits per heavy atom. The van der Waals surface area contributed by atoms with Crippen LogP contribution in [0.5, 0.6) is 17.2 Å². The van der Waals surface area contributed by atoms with Crippen molar-refractivity contribution in [3.63, 3.8) is 0 Å². The maximum absolute atomic E-state index is 12.6. The van der Waals surface area contributed by atoms with Crippen LogP contribution in [0.15, 0.2) is 54.9 Å². The molecule has 2 heterocycles. The van der Waals surface area contributed by atoms with Crippen molar-refractivity contribution >= 4 is 40.2 Å². The van der Waals surface area contributed by atoms with Crippen LogP contribution in [0.2, 0.25) is 10.0 Å². The van der Waals surface area contributed by atoms with Crippen LogP contribution in [0.4, 0.5) is 4.79 Å². The van der Waals surface area contributed by atoms with Crippen LogP contribution in [0.3, 0.4) is 0 Å². The van der Waals surface area contributed by atoms with Crippen LogP contribution >= 0.6 is 23.2 Å². The van der Waals surface area contributed by atoms with Crippen molar-refractivity contribution in [2.24, 2.45) is 0 Å². The quantitative estimate of drug-likeness (QED) is 0.292. The van der Waals surface area contributed by atoms with Gasteiger partial charge in [0.15, 0.2) is 0 Å². The summed E-state index contributed by atoms with van der Waals surface area (Å²) in [7, 11) is 0. The first-order valence-electron chi connectivity index (χ1n) is 10.5. The highest BCUT2D eigenvalue weighted by atomic mass is 35.5. The van der Waals surface area contributed by atoms with E-state index >= 15 is 0 Å². The lowest BCUT2D eigenvalue weighted by molar-refractivity contribution is 0.0521. The summed E-state index contributed by atoms with van der Waals surface area (Å²) in [5.41, 5.74) is 0.720. The third-order valence-electron chi connectivity index (χ3n) is 4.63. The van der Waals surface area contributed by atoms with E-state index in [2.05, 4.69) is 10.1 Å². The second-order valence-corrected chi connectivity index (χ2v) is 9.35. The molecule has 4 aromatic rings. The fourth-order valence-electron chi connectivity index (χ4n) is 3.19. The van der Waals surface area contributed by atoms with Gasteiger partial charge < -0.3 is 14.2 Å². The van der Waals surface area contributed by atoms with Gasteiger partial charge >= 0.3 is 6.09 Å². The first-order chi connectivity index (χ1) is 16.6. The maximum atomic E-state index is 12.6. The smallest absolute Gasteiger partial charge is 0.435 e. The summed E-state index contributed by atoms with van der Waals surface area (Å²) in [5.74, 6) is 1.15. The Kier molecular flexibility index (Phi) is 6.83. The number of rotatable bonds is 5. The van der Waals surface area contributed by atoms with Gasteiger partial charge in [0.1, 0.15) is 35.2 Å². The first kappa shape index (κ1) is 24.3. The highest BCUT2D eigenvalue weighted by Gasteiger charge is 2.22. The number of hydrogen-bond acceptors (Lipinski definition) is 7. The van der Waals surface area contributed by atoms with Crippen molar-refractivity contribution in [2.75, 3.05) is 0 Å². The molecule has 2 aromatic heterocycles. The number of carbonyl (C=O) groups excluding carboxylic acids is 1. The Bertz CT molecular complexity index is 1450. The molecule has 0 aliphatic carbocycles. The predicted octanol–water partition coefficient (Wildman–Crippen LogP) is 6.76. The average Bonchev–Trinajstić information content (AvgIpc) is 3.17. The largest absolute Gasteiger partial charge is 0.487 e. The molecule has 0 bridgehead atoms. The minimum atomic E-state index is -0.676. The molecule has 0 unspecified atom stereocenters. The van der Waals surface area contributed by atoms with Crippen molar-refractivity contribution < 1.29 is 19.0 Å². The van der Waals surface area contributed by atoms with E-state index in [1.54, 1.807) is 69.6 Å². The standard InChI is InChI=1S/C25H20Cl2N4O4/c1-25(2,3)35-24(32)31-22-13-29-7-6-19(22)21(30-31)14-33-17-4-5-20(27)23(11-17)34-18-9-15(12-28)8-16(26)10-18/h4-11,13H,14H2,1-3H3. The fraction of sp³-hybridized carbons (Fsp3) is 0.200. The van der Waals surface area contributed by atoms with Gasteiger partial charge in [-0.05, 0) is 57.2 Å². The summed E-state index contributed by atoms with van der Waals surface area (Å²) in [5, 5.41) is 15.0. The maximum Gasteiger partial charge on any atom is 0.435 e. The van der Waals surface area contributed by atoms with Crippen molar-refractivity contribution in [3.05, 3.63) is 76.2 Å². The molecule has 10 heteroatoms. The van der Waals surface area contributed by atoms with Gasteiger partial charge in [0.05, 0.1) is 28.4 Å². The predicted molar refractivity (Wildman–Crippen MR) is 131 cm³/mol. The Balaban J connectivity index is 1.57. The zero-order chi connectivity index (χ0) is 25.2. The number of nitrogens with zero attached hydrogens (tertiary/aromatic N) is 4. The fourth-order valence-corrected chi connectivity index (χ4v) is 3.58. The zero-order valence-corrected chi connectivity index (χ0v) is 20.6. The monoisotopic (exact) mass is 510 g/mol. The molecule has 2 aromatic carbocycles. The van der Waals surface area contributed by atoms with Gasteiger partial charge in [0.25, 0.3) is 0 Å². The van der Waals surface area contributed by atoms with Crippen LogP contribution in [0, 0.1) is 11.3 Å². The molecule has 8 nitrogen and oxygen atoms in total. The van der Waals surface area contributed by atoms with E-state index < -0.39 is 11.7 Å². The minimum absolute atomic E-state index is 0.0626. The van der Waals surface area contributed by atoms with Crippen molar-refractivity contribution in [3.8, 4) is 23.3 Å². The molecule has 4 rings (SSSR count). The summed E-state index contributed by atoms with van der Waals surface area (Å²) >= 11 is 12.3. The van der Waals surface area contributed by atoms with Gasteiger partial charge in [0, 0.05) is 22.7 Å². The summed E-state index contributed by atoms with van der Waals surface area (Å²) < 4.78 is 18.4. The molecule has 0 amide bonds. The molecule has 0 saturated carbocycles. The highest BCUT2D eigenvalue weighted by molar-refractivity contribution is 6.32. The van der Waals surface area contributed by atoms with E-state index in [4.69, 9.17) is 42.7 Å². The number of nitriles is 1. The number of halogens is 2. The minimum Gasteiger partial charge on any atom is -0.487 e. The molecule has 0 atom stereocenters. The Morgan fingerprint density at radius 1 is 1.11 bits per heavy atom. The molecule has 0 aliphatic heterocycles. The third-order valence-corrected chi connectivity index (χ3v) is 5.16. The second kappa shape index (κ2) is 9.82. The van der Waals surface area contributed by atoms with E-state index in [0.717, 1.165) is 0 Å². The lowest BCUT2D eigenvalue weighted by atomic mass is 10.2. The normalized spacial score (nSPS) is 11.2. The topological polar surface area (TPSA) is 99.3 Å². The van der Waals surface area contributed by atoms with E-state index in [1.165, 1.54) is 10.7 Å². The Labute approximate surface area is 211 Å². The molecule has 0 spiro atoms. The van der Waals surface area contributed by atoms with Gasteiger partial charge in [-0.15, -0.1) is 0 Å². The average molecular weight is 511 g/mol. The van der Waals surface area contributed by atoms with Crippen molar-refractivity contribution in [1.29, 1.82) is 5.26 Å². The van der Waals surface area contributed by atoms with E-state index in [0.29, 0.717) is 49.5 Å². The molecule has 0 saturated heterocycles. The van der Waals surface area contributed by atoms with Gasteiger partial charge in [-0.3, -0.25) is 4.98 Å². The second-order valence-electron chi connectivity index (χ2n) is 8.50. The molecule has 178 valence electrons. The van der Waals surface area contributed by atoms with Crippen molar-refractivity contribution in [2.45, 2.75) is 33.0 Å². The molecule has 35 heavy (non-hydrogen) atoms. The number of carbonyl (C=O) groups is 1.